The molecule has 0 amide bonds. The number of anilines is 3. The van der Waals surface area contributed by atoms with Gasteiger partial charge in [0.1, 0.15) is 6.17 Å². The Morgan fingerprint density at radius 1 is 0.477 bits per heavy atom. The second-order valence-electron chi connectivity index (χ2n) is 11.7. The Morgan fingerprint density at radius 2 is 1.14 bits per heavy atom. The summed E-state index contributed by atoms with van der Waals surface area (Å²) in [4.78, 5) is 2.48. The van der Waals surface area contributed by atoms with Crippen molar-refractivity contribution in [3.8, 4) is 33.4 Å². The first-order valence-corrected chi connectivity index (χ1v) is 16.0. The van der Waals surface area contributed by atoms with Gasteiger partial charge in [-0.25, -0.2) is 0 Å². The molecule has 0 spiro atoms. The first kappa shape index (κ1) is 24.1. The highest BCUT2D eigenvalue weighted by Crippen LogP contribution is 2.56. The number of nitrogens with zero attached hydrogens (tertiary/aromatic N) is 1. The Morgan fingerprint density at radius 3 is 2.05 bits per heavy atom. The average Bonchev–Trinajstić information content (AvgIpc) is 3.67. The molecule has 2 aliphatic rings. The fourth-order valence-electron chi connectivity index (χ4n) is 7.52. The van der Waals surface area contributed by atoms with Crippen molar-refractivity contribution in [3.05, 3.63) is 151 Å². The van der Waals surface area contributed by atoms with Crippen molar-refractivity contribution in [2.45, 2.75) is 6.17 Å². The molecule has 1 unspecified atom stereocenters. The predicted molar refractivity (Wildman–Crippen MR) is 188 cm³/mol. The van der Waals surface area contributed by atoms with E-state index in [1.54, 1.807) is 0 Å². The van der Waals surface area contributed by atoms with Crippen LogP contribution in [0.15, 0.2) is 146 Å². The molecule has 206 valence electrons. The van der Waals surface area contributed by atoms with Crippen molar-refractivity contribution in [2.75, 3.05) is 10.2 Å². The van der Waals surface area contributed by atoms with Crippen LogP contribution < -0.4 is 10.2 Å². The molecule has 0 radical (unpaired) electrons. The van der Waals surface area contributed by atoms with Crippen LogP contribution >= 0.6 is 11.3 Å². The summed E-state index contributed by atoms with van der Waals surface area (Å²) in [5, 5.41) is 9.11. The number of hydrogen-bond acceptors (Lipinski definition) is 3. The summed E-state index contributed by atoms with van der Waals surface area (Å²) in [6.07, 6.45) is 0.0353. The number of thiophene rings is 1. The molecule has 3 heteroatoms. The second kappa shape index (κ2) is 9.06. The molecule has 0 saturated carbocycles. The average molecular weight is 579 g/mol. The molecule has 0 fully saturated rings. The topological polar surface area (TPSA) is 15.3 Å². The van der Waals surface area contributed by atoms with Crippen molar-refractivity contribution < 1.29 is 0 Å². The van der Waals surface area contributed by atoms with Crippen LogP contribution in [0.4, 0.5) is 17.1 Å². The maximum absolute atomic E-state index is 3.87. The number of para-hydroxylation sites is 3. The number of hydrogen-bond donors (Lipinski definition) is 1. The van der Waals surface area contributed by atoms with Gasteiger partial charge in [-0.05, 0) is 75.0 Å². The zero-order valence-electron chi connectivity index (χ0n) is 23.8. The highest BCUT2D eigenvalue weighted by atomic mass is 32.1. The lowest BCUT2D eigenvalue weighted by atomic mass is 9.84. The van der Waals surface area contributed by atoms with Gasteiger partial charge in [-0.2, -0.15) is 0 Å². The molecular formula is C41H26N2S. The molecule has 0 aliphatic carbocycles. The zero-order chi connectivity index (χ0) is 28.8. The predicted octanol–water partition coefficient (Wildman–Crippen LogP) is 11.8. The summed E-state index contributed by atoms with van der Waals surface area (Å²) in [7, 11) is 0. The van der Waals surface area contributed by atoms with Gasteiger partial charge in [0.25, 0.3) is 0 Å². The van der Waals surface area contributed by atoms with Crippen LogP contribution in [0.3, 0.4) is 0 Å². The largest absolute Gasteiger partial charge is 0.359 e. The Balaban J connectivity index is 1.21. The van der Waals surface area contributed by atoms with E-state index in [1.807, 2.05) is 11.3 Å². The van der Waals surface area contributed by atoms with Crippen LogP contribution in [0.5, 0.6) is 0 Å². The lowest BCUT2D eigenvalue weighted by Gasteiger charge is -2.36. The smallest absolute Gasteiger partial charge is 0.131 e. The Bertz CT molecular complexity index is 2450. The monoisotopic (exact) mass is 578 g/mol. The second-order valence-corrected chi connectivity index (χ2v) is 12.8. The van der Waals surface area contributed by atoms with Crippen LogP contribution in [0.25, 0.3) is 64.3 Å². The van der Waals surface area contributed by atoms with Crippen molar-refractivity contribution in [1.29, 1.82) is 0 Å². The fourth-order valence-corrected chi connectivity index (χ4v) is 8.76. The van der Waals surface area contributed by atoms with Crippen molar-refractivity contribution in [2.24, 2.45) is 0 Å². The van der Waals surface area contributed by atoms with Gasteiger partial charge in [0.15, 0.2) is 0 Å². The minimum absolute atomic E-state index is 0.0353. The van der Waals surface area contributed by atoms with Crippen LogP contribution in [0, 0.1) is 0 Å². The van der Waals surface area contributed by atoms with Gasteiger partial charge in [-0.1, -0.05) is 109 Å². The normalized spacial score (nSPS) is 14.7. The molecule has 44 heavy (non-hydrogen) atoms. The maximum atomic E-state index is 3.87. The number of nitrogens with one attached hydrogen (secondary N) is 1. The molecular weight excluding hydrogens is 553 g/mol. The SMILES string of the molecule is c1cc(-c2cc3c(c4ccccc24)C2Nc4ccccc4N2c2ccccc2-3)cc(-c2cccc3c2sc2ccccc23)c1. The molecule has 7 aromatic carbocycles. The molecule has 10 rings (SSSR count). The summed E-state index contributed by atoms with van der Waals surface area (Å²) in [5.41, 5.74) is 12.6. The highest BCUT2D eigenvalue weighted by molar-refractivity contribution is 7.26. The lowest BCUT2D eigenvalue weighted by molar-refractivity contribution is 0.827. The molecule has 1 atom stereocenters. The van der Waals surface area contributed by atoms with Gasteiger partial charge in [0.2, 0.25) is 0 Å². The first-order valence-electron chi connectivity index (χ1n) is 15.1. The van der Waals surface area contributed by atoms with E-state index in [-0.39, 0.29) is 6.17 Å². The lowest BCUT2D eigenvalue weighted by Crippen LogP contribution is -2.28. The quantitative estimate of drug-likeness (QED) is 0.219. The van der Waals surface area contributed by atoms with Gasteiger partial charge in [0, 0.05) is 31.3 Å². The zero-order valence-corrected chi connectivity index (χ0v) is 24.6. The fraction of sp³-hybridized carbons (Fsp3) is 0.0244. The number of fused-ring (bicyclic) bond motifs is 13. The van der Waals surface area contributed by atoms with Crippen LogP contribution in [0.2, 0.25) is 0 Å². The summed E-state index contributed by atoms with van der Waals surface area (Å²) in [6, 6.07) is 53.5. The molecule has 3 heterocycles. The van der Waals surface area contributed by atoms with E-state index < -0.39 is 0 Å². The minimum Gasteiger partial charge on any atom is -0.359 e. The van der Waals surface area contributed by atoms with Gasteiger partial charge in [-0.15, -0.1) is 11.3 Å². The first-order chi connectivity index (χ1) is 21.8. The number of rotatable bonds is 2. The molecule has 0 saturated heterocycles. The van der Waals surface area contributed by atoms with E-state index >= 15 is 0 Å². The molecule has 2 nitrogen and oxygen atoms in total. The van der Waals surface area contributed by atoms with Crippen LogP contribution in [-0.2, 0) is 0 Å². The van der Waals surface area contributed by atoms with E-state index in [0.717, 1.165) is 0 Å². The molecule has 2 aliphatic heterocycles. The van der Waals surface area contributed by atoms with E-state index in [9.17, 15) is 0 Å². The van der Waals surface area contributed by atoms with Crippen LogP contribution in [-0.4, -0.2) is 0 Å². The summed E-state index contributed by atoms with van der Waals surface area (Å²) in [5.74, 6) is 0. The van der Waals surface area contributed by atoms with E-state index in [4.69, 9.17) is 0 Å². The van der Waals surface area contributed by atoms with Gasteiger partial charge < -0.3 is 10.2 Å². The number of benzene rings is 7. The maximum Gasteiger partial charge on any atom is 0.131 e. The van der Waals surface area contributed by atoms with E-state index in [0.29, 0.717) is 0 Å². The van der Waals surface area contributed by atoms with Gasteiger partial charge >= 0.3 is 0 Å². The Labute approximate surface area is 259 Å². The van der Waals surface area contributed by atoms with E-state index in [2.05, 4.69) is 156 Å². The summed E-state index contributed by atoms with van der Waals surface area (Å²) in [6.45, 7) is 0. The van der Waals surface area contributed by atoms with Gasteiger partial charge in [-0.3, -0.25) is 0 Å². The van der Waals surface area contributed by atoms with E-state index in [1.165, 1.54) is 87.0 Å². The molecule has 1 aromatic heterocycles. The van der Waals surface area contributed by atoms with Crippen molar-refractivity contribution >= 4 is 59.3 Å². The molecule has 0 bridgehead atoms. The highest BCUT2D eigenvalue weighted by Gasteiger charge is 2.39. The summed E-state index contributed by atoms with van der Waals surface area (Å²) < 4.78 is 2.68. The summed E-state index contributed by atoms with van der Waals surface area (Å²) >= 11 is 1.89. The third-order valence-electron chi connectivity index (χ3n) is 9.42. The Hall–Kier alpha value is -5.38. The van der Waals surface area contributed by atoms with Crippen molar-refractivity contribution in [3.63, 3.8) is 0 Å². The third kappa shape index (κ3) is 3.30. The van der Waals surface area contributed by atoms with Crippen LogP contribution in [0.1, 0.15) is 11.7 Å². The Kier molecular flexibility index (Phi) is 4.96. The standard InChI is InChI=1S/C41H26N2S/c1-2-16-31-28(13-1)33(24-34-29-14-3-6-20-36(29)43-37-21-7-5-19-35(37)42-41(43)39(31)34)26-12-9-11-25(23-26)27-17-10-18-32-30-15-4-8-22-38(30)44-40(27)32/h1-24,41-42H. The minimum atomic E-state index is 0.0353. The molecule has 8 aromatic rings. The van der Waals surface area contributed by atoms with Gasteiger partial charge in [0.05, 0.1) is 17.1 Å². The third-order valence-corrected chi connectivity index (χ3v) is 10.6. The van der Waals surface area contributed by atoms with Crippen molar-refractivity contribution in [1.82, 2.24) is 0 Å². The molecule has 1 N–H and O–H groups in total.